The summed E-state index contributed by atoms with van der Waals surface area (Å²) < 4.78 is 2.02. The molecule has 0 unspecified atom stereocenters. The first-order chi connectivity index (χ1) is 7.65. The Morgan fingerprint density at radius 1 is 1.38 bits per heavy atom. The van der Waals surface area contributed by atoms with Crippen LogP contribution in [0.25, 0.3) is 0 Å². The van der Waals surface area contributed by atoms with Gasteiger partial charge in [0, 0.05) is 0 Å². The molecular formula is C12H11Cl2NW. The molecule has 0 amide bonds. The van der Waals surface area contributed by atoms with Gasteiger partial charge >= 0.3 is 117 Å². The number of nitrogens with one attached hydrogen (secondary N) is 1. The van der Waals surface area contributed by atoms with E-state index in [1.165, 1.54) is 19.4 Å². The summed E-state index contributed by atoms with van der Waals surface area (Å²) in [6, 6.07) is 5.48. The Morgan fingerprint density at radius 3 is 2.56 bits per heavy atom. The Morgan fingerprint density at radius 2 is 2.00 bits per heavy atom. The van der Waals surface area contributed by atoms with E-state index < -0.39 is 0 Å². The van der Waals surface area contributed by atoms with Gasteiger partial charge in [-0.25, -0.2) is 0 Å². The van der Waals surface area contributed by atoms with Crippen LogP contribution in [0.1, 0.15) is 5.56 Å². The van der Waals surface area contributed by atoms with E-state index in [1.54, 1.807) is 0 Å². The number of allylic oxidation sites excluding steroid dienone is 2. The van der Waals surface area contributed by atoms with Gasteiger partial charge in [0.2, 0.25) is 0 Å². The van der Waals surface area contributed by atoms with Crippen molar-refractivity contribution in [2.75, 3.05) is 0 Å². The Hall–Kier alpha value is -0.362. The molecule has 0 aliphatic heterocycles. The number of hydrogen-bond acceptors (Lipinski definition) is 1. The van der Waals surface area contributed by atoms with E-state index in [4.69, 9.17) is 23.2 Å². The molecule has 0 heterocycles. The number of benzene rings is 1. The van der Waals surface area contributed by atoms with E-state index in [-0.39, 0.29) is 0 Å². The van der Waals surface area contributed by atoms with Crippen LogP contribution in [-0.2, 0) is 25.9 Å². The van der Waals surface area contributed by atoms with Crippen LogP contribution in [0.3, 0.4) is 0 Å². The molecule has 0 radical (unpaired) electrons. The third-order valence-corrected chi connectivity index (χ3v) is 3.20. The first-order valence-electron chi connectivity index (χ1n) is 4.62. The van der Waals surface area contributed by atoms with E-state index >= 15 is 0 Å². The average molecular weight is 424 g/mol. The van der Waals surface area contributed by atoms with Gasteiger partial charge in [0.15, 0.2) is 0 Å². The zero-order valence-corrected chi connectivity index (χ0v) is 13.0. The van der Waals surface area contributed by atoms with Crippen LogP contribution in [0.4, 0.5) is 0 Å². The molecule has 1 aromatic carbocycles. The van der Waals surface area contributed by atoms with E-state index in [9.17, 15) is 0 Å². The maximum atomic E-state index is 6.04. The second-order valence-electron chi connectivity index (χ2n) is 3.07. The summed E-state index contributed by atoms with van der Waals surface area (Å²) in [6.45, 7) is 4.45. The first kappa shape index (κ1) is 13.7. The Bertz CT molecular complexity index is 407. The first-order valence-corrected chi connectivity index (χ1v) is 7.07. The van der Waals surface area contributed by atoms with Crippen LogP contribution >= 0.6 is 23.2 Å². The molecule has 0 fully saturated rings. The van der Waals surface area contributed by atoms with Gasteiger partial charge in [-0.1, -0.05) is 0 Å². The van der Waals surface area contributed by atoms with Crippen LogP contribution in [0.5, 0.6) is 0 Å². The predicted octanol–water partition coefficient (Wildman–Crippen LogP) is 3.50. The van der Waals surface area contributed by atoms with Crippen molar-refractivity contribution in [2.45, 2.75) is 6.54 Å². The summed E-state index contributed by atoms with van der Waals surface area (Å²) >= 11 is 13.5. The standard InChI is InChI=1S/C12H11Cl2N.W/c1-3-5-9(2)15-8-10-11(13)6-4-7-12(10)14;/h1,3-7,15H,2,8H2;/b5-3-;. The number of halogens is 2. The van der Waals surface area contributed by atoms with E-state index in [2.05, 4.69) is 11.9 Å². The van der Waals surface area contributed by atoms with Crippen LogP contribution < -0.4 is 5.32 Å². The van der Waals surface area contributed by atoms with Gasteiger partial charge in [0.1, 0.15) is 0 Å². The molecule has 1 aromatic rings. The van der Waals surface area contributed by atoms with Gasteiger partial charge in [-0.05, 0) is 0 Å². The molecule has 1 N–H and O–H groups in total. The Labute approximate surface area is 117 Å². The van der Waals surface area contributed by atoms with Crippen molar-refractivity contribution >= 4 is 27.6 Å². The maximum absolute atomic E-state index is 6.04. The summed E-state index contributed by atoms with van der Waals surface area (Å²) in [5.41, 5.74) is 1.74. The van der Waals surface area contributed by atoms with Crippen molar-refractivity contribution in [3.63, 3.8) is 0 Å². The van der Waals surface area contributed by atoms with Gasteiger partial charge in [-0.2, -0.15) is 0 Å². The molecule has 84 valence electrons. The van der Waals surface area contributed by atoms with Gasteiger partial charge in [0.05, 0.1) is 0 Å². The molecule has 0 spiro atoms. The fraction of sp³-hybridized carbons (Fsp3) is 0.0833. The van der Waals surface area contributed by atoms with Gasteiger partial charge in [-0.15, -0.1) is 0 Å². The normalized spacial score (nSPS) is 10.4. The molecule has 0 saturated heterocycles. The van der Waals surface area contributed by atoms with Crippen molar-refractivity contribution in [2.24, 2.45) is 0 Å². The van der Waals surface area contributed by atoms with Crippen molar-refractivity contribution in [1.82, 2.24) is 5.32 Å². The summed E-state index contributed by atoms with van der Waals surface area (Å²) in [5.74, 6) is 0. The summed E-state index contributed by atoms with van der Waals surface area (Å²) in [5, 5.41) is 4.49. The minimum absolute atomic E-state index is 0.582. The topological polar surface area (TPSA) is 12.0 Å². The minimum atomic E-state index is 0.582. The Kier molecular flexibility index (Phi) is 6.05. The van der Waals surface area contributed by atoms with Crippen LogP contribution in [0.15, 0.2) is 42.6 Å². The molecule has 0 bridgehead atoms. The van der Waals surface area contributed by atoms with Gasteiger partial charge in [0.25, 0.3) is 0 Å². The Balaban J connectivity index is 2.64. The monoisotopic (exact) mass is 423 g/mol. The fourth-order valence-electron chi connectivity index (χ4n) is 1.12. The van der Waals surface area contributed by atoms with Crippen LogP contribution in [0, 0.1) is 0 Å². The average Bonchev–Trinajstić information content (AvgIpc) is 2.25. The third-order valence-electron chi connectivity index (χ3n) is 1.93. The molecule has 16 heavy (non-hydrogen) atoms. The predicted molar refractivity (Wildman–Crippen MR) is 67.6 cm³/mol. The second-order valence-corrected chi connectivity index (χ2v) is 4.87. The molecule has 1 rings (SSSR count). The summed E-state index contributed by atoms with van der Waals surface area (Å²) in [6.07, 6.45) is 3.87. The van der Waals surface area contributed by atoms with Crippen molar-refractivity contribution in [1.29, 1.82) is 0 Å². The van der Waals surface area contributed by atoms with Crippen LogP contribution in [-0.4, -0.2) is 4.40 Å². The van der Waals surface area contributed by atoms with Crippen molar-refractivity contribution < 1.29 is 19.4 Å². The van der Waals surface area contributed by atoms with Gasteiger partial charge in [-0.3, -0.25) is 0 Å². The van der Waals surface area contributed by atoms with Gasteiger partial charge < -0.3 is 0 Å². The SMILES string of the molecule is C=C(/C=C\[CH]=[W])NCc1c(Cl)cccc1Cl. The molecular weight excluding hydrogens is 413 g/mol. The second kappa shape index (κ2) is 7.06. The number of hydrogen-bond donors (Lipinski definition) is 1. The molecule has 0 saturated carbocycles. The van der Waals surface area contributed by atoms with Crippen molar-refractivity contribution in [3.8, 4) is 0 Å². The molecule has 0 aromatic heterocycles. The summed E-state index contributed by atoms with van der Waals surface area (Å²) in [7, 11) is 0. The third kappa shape index (κ3) is 4.25. The zero-order valence-electron chi connectivity index (χ0n) is 8.54. The van der Waals surface area contributed by atoms with E-state index in [0.29, 0.717) is 16.6 Å². The zero-order chi connectivity index (χ0) is 12.0. The van der Waals surface area contributed by atoms with E-state index in [1.807, 2.05) is 34.8 Å². The molecule has 0 atom stereocenters. The summed E-state index contributed by atoms with van der Waals surface area (Å²) in [4.78, 5) is 0. The number of rotatable bonds is 5. The fourth-order valence-corrected chi connectivity index (χ4v) is 1.93. The van der Waals surface area contributed by atoms with Crippen molar-refractivity contribution in [3.05, 3.63) is 58.2 Å². The molecule has 4 heteroatoms. The quantitative estimate of drug-likeness (QED) is 0.715. The van der Waals surface area contributed by atoms with E-state index in [0.717, 1.165) is 11.3 Å². The molecule has 0 aliphatic carbocycles. The molecule has 1 nitrogen and oxygen atoms in total. The van der Waals surface area contributed by atoms with Crippen LogP contribution in [0.2, 0.25) is 10.0 Å². The molecule has 0 aliphatic rings.